The third-order valence-corrected chi connectivity index (χ3v) is 5.67. The van der Waals surface area contributed by atoms with E-state index in [1.54, 1.807) is 6.92 Å². The Hall–Kier alpha value is -1.64. The predicted octanol–water partition coefficient (Wildman–Crippen LogP) is 2.55. The van der Waals surface area contributed by atoms with E-state index >= 15 is 0 Å². The van der Waals surface area contributed by atoms with Gasteiger partial charge in [-0.25, -0.2) is 18.1 Å². The van der Waals surface area contributed by atoms with E-state index in [0.29, 0.717) is 22.7 Å². The Morgan fingerprint density at radius 2 is 2.22 bits per heavy atom. The van der Waals surface area contributed by atoms with Crippen LogP contribution in [0.1, 0.15) is 28.0 Å². The zero-order chi connectivity index (χ0) is 16.8. The van der Waals surface area contributed by atoms with Gasteiger partial charge < -0.3 is 4.74 Å². The lowest BCUT2D eigenvalue weighted by Crippen LogP contribution is -2.30. The SMILES string of the molecule is Cc1nc(C(=O)NS(=O)(=O)c2cc(Cl)c3c(c2)C[C@@H](C)O3)cs1. The molecule has 1 aromatic carbocycles. The second-order valence-corrected chi connectivity index (χ2v) is 8.36. The Kier molecular flexibility index (Phi) is 4.07. The normalized spacial score (nSPS) is 16.7. The number of hydrogen-bond donors (Lipinski definition) is 1. The minimum absolute atomic E-state index is 0.0620. The summed E-state index contributed by atoms with van der Waals surface area (Å²) < 4.78 is 32.3. The molecule has 0 unspecified atom stereocenters. The van der Waals surface area contributed by atoms with Crippen molar-refractivity contribution in [2.45, 2.75) is 31.3 Å². The molecule has 23 heavy (non-hydrogen) atoms. The zero-order valence-corrected chi connectivity index (χ0v) is 14.7. The van der Waals surface area contributed by atoms with Crippen LogP contribution in [-0.2, 0) is 16.4 Å². The molecule has 6 nitrogen and oxygen atoms in total. The number of carbonyl (C=O) groups excluding carboxylic acids is 1. The average molecular weight is 373 g/mol. The number of amides is 1. The summed E-state index contributed by atoms with van der Waals surface area (Å²) >= 11 is 7.36. The maximum Gasteiger partial charge on any atom is 0.284 e. The Morgan fingerprint density at radius 3 is 2.87 bits per heavy atom. The van der Waals surface area contributed by atoms with Crippen molar-refractivity contribution in [2.75, 3.05) is 0 Å². The molecule has 9 heteroatoms. The molecule has 1 aliphatic rings. The van der Waals surface area contributed by atoms with Crippen molar-refractivity contribution in [3.63, 3.8) is 0 Å². The second-order valence-electron chi connectivity index (χ2n) is 5.21. The van der Waals surface area contributed by atoms with Crippen molar-refractivity contribution in [3.05, 3.63) is 38.8 Å². The number of aryl methyl sites for hydroxylation is 1. The van der Waals surface area contributed by atoms with Gasteiger partial charge >= 0.3 is 0 Å². The van der Waals surface area contributed by atoms with Gasteiger partial charge in [-0.15, -0.1) is 11.3 Å². The fourth-order valence-corrected chi connectivity index (χ4v) is 4.29. The molecule has 0 aliphatic carbocycles. The highest BCUT2D eigenvalue weighted by Crippen LogP contribution is 2.37. The van der Waals surface area contributed by atoms with E-state index in [4.69, 9.17) is 16.3 Å². The molecule has 1 atom stereocenters. The van der Waals surface area contributed by atoms with Crippen LogP contribution < -0.4 is 9.46 Å². The first-order chi connectivity index (χ1) is 10.8. The molecule has 0 spiro atoms. The van der Waals surface area contributed by atoms with Gasteiger partial charge in [0.2, 0.25) is 0 Å². The Balaban J connectivity index is 1.90. The maximum absolute atomic E-state index is 12.4. The number of hydrogen-bond acceptors (Lipinski definition) is 6. The number of benzene rings is 1. The monoisotopic (exact) mass is 372 g/mol. The molecule has 0 radical (unpaired) electrons. The quantitative estimate of drug-likeness (QED) is 0.894. The fourth-order valence-electron chi connectivity index (χ4n) is 2.32. The van der Waals surface area contributed by atoms with Crippen molar-refractivity contribution < 1.29 is 17.9 Å². The van der Waals surface area contributed by atoms with Gasteiger partial charge in [0.1, 0.15) is 17.5 Å². The smallest absolute Gasteiger partial charge is 0.284 e. The fraction of sp³-hybridized carbons (Fsp3) is 0.286. The molecule has 0 saturated heterocycles. The highest BCUT2D eigenvalue weighted by atomic mass is 35.5. The summed E-state index contributed by atoms with van der Waals surface area (Å²) in [6, 6.07) is 2.76. The molecule has 0 fully saturated rings. The molecule has 122 valence electrons. The topological polar surface area (TPSA) is 85.4 Å². The lowest BCUT2D eigenvalue weighted by molar-refractivity contribution is 0.0977. The van der Waals surface area contributed by atoms with Gasteiger partial charge in [-0.1, -0.05) is 11.6 Å². The van der Waals surface area contributed by atoms with Crippen LogP contribution >= 0.6 is 22.9 Å². The molecule has 1 aliphatic heterocycles. The van der Waals surface area contributed by atoms with E-state index in [1.165, 1.54) is 28.8 Å². The van der Waals surface area contributed by atoms with E-state index in [0.717, 1.165) is 0 Å². The molecule has 1 aromatic heterocycles. The molecule has 1 amide bonds. The third-order valence-electron chi connectivity index (χ3n) is 3.31. The molecular formula is C14H13ClN2O4S2. The Labute approximate surface area is 142 Å². The molecule has 1 N–H and O–H groups in total. The summed E-state index contributed by atoms with van der Waals surface area (Å²) in [6.07, 6.45) is 0.505. The van der Waals surface area contributed by atoms with E-state index in [2.05, 4.69) is 4.98 Å². The number of fused-ring (bicyclic) bond motifs is 1. The predicted molar refractivity (Wildman–Crippen MR) is 86.7 cm³/mol. The summed E-state index contributed by atoms with van der Waals surface area (Å²) in [7, 11) is -4.03. The molecule has 0 saturated carbocycles. The average Bonchev–Trinajstić information content (AvgIpc) is 3.03. The summed E-state index contributed by atoms with van der Waals surface area (Å²) in [6.45, 7) is 3.61. The van der Waals surface area contributed by atoms with Crippen molar-refractivity contribution in [1.82, 2.24) is 9.71 Å². The number of thiazole rings is 1. The van der Waals surface area contributed by atoms with Crippen LogP contribution in [0.3, 0.4) is 0 Å². The number of nitrogens with one attached hydrogen (secondary N) is 1. The van der Waals surface area contributed by atoms with Gasteiger partial charge in [-0.2, -0.15) is 0 Å². The molecule has 2 aromatic rings. The number of ether oxygens (including phenoxy) is 1. The first-order valence-corrected chi connectivity index (χ1v) is 9.48. The highest BCUT2D eigenvalue weighted by molar-refractivity contribution is 7.90. The molecule has 2 heterocycles. The molecule has 3 rings (SSSR count). The van der Waals surface area contributed by atoms with Gasteiger partial charge in [0.15, 0.2) is 0 Å². The van der Waals surface area contributed by atoms with E-state index in [1.807, 2.05) is 11.6 Å². The van der Waals surface area contributed by atoms with Gasteiger partial charge in [0.05, 0.1) is 14.9 Å². The van der Waals surface area contributed by atoms with E-state index < -0.39 is 15.9 Å². The number of sulfonamides is 1. The van der Waals surface area contributed by atoms with Gasteiger partial charge in [-0.3, -0.25) is 4.79 Å². The van der Waals surface area contributed by atoms with Gasteiger partial charge in [-0.05, 0) is 26.0 Å². The summed E-state index contributed by atoms with van der Waals surface area (Å²) in [5.41, 5.74) is 0.780. The zero-order valence-electron chi connectivity index (χ0n) is 12.3. The van der Waals surface area contributed by atoms with Crippen LogP contribution in [0.2, 0.25) is 5.02 Å². The number of aromatic nitrogens is 1. The molecular weight excluding hydrogens is 360 g/mol. The minimum atomic E-state index is -4.03. The Morgan fingerprint density at radius 1 is 1.48 bits per heavy atom. The lowest BCUT2D eigenvalue weighted by atomic mass is 10.1. The first kappa shape index (κ1) is 16.2. The summed E-state index contributed by atoms with van der Waals surface area (Å²) in [5, 5.41) is 2.40. The van der Waals surface area contributed by atoms with E-state index in [9.17, 15) is 13.2 Å². The second kappa shape index (κ2) is 5.77. The van der Waals surface area contributed by atoms with Crippen molar-refractivity contribution in [1.29, 1.82) is 0 Å². The van der Waals surface area contributed by atoms with Gasteiger partial charge in [0, 0.05) is 17.4 Å². The minimum Gasteiger partial charge on any atom is -0.489 e. The Bertz CT molecular complexity index is 892. The first-order valence-electron chi connectivity index (χ1n) is 6.74. The standard InChI is InChI=1S/C14H13ClN2O4S2/c1-7-3-9-4-10(5-11(15)13(9)21-7)23(19,20)17-14(18)12-6-22-8(2)16-12/h4-7H,3H2,1-2H3,(H,17,18)/t7-/m1/s1. The number of carbonyl (C=O) groups is 1. The third kappa shape index (κ3) is 3.19. The maximum atomic E-state index is 12.4. The summed E-state index contributed by atoms with van der Waals surface area (Å²) in [5.74, 6) is -0.268. The molecule has 0 bridgehead atoms. The van der Waals surface area contributed by atoms with Crippen molar-refractivity contribution in [2.24, 2.45) is 0 Å². The van der Waals surface area contributed by atoms with Crippen LogP contribution in [0.4, 0.5) is 0 Å². The van der Waals surface area contributed by atoms with Crippen LogP contribution in [0.15, 0.2) is 22.4 Å². The largest absolute Gasteiger partial charge is 0.489 e. The lowest BCUT2D eigenvalue weighted by Gasteiger charge is -2.09. The van der Waals surface area contributed by atoms with Crippen LogP contribution in [-0.4, -0.2) is 25.4 Å². The van der Waals surface area contributed by atoms with Crippen molar-refractivity contribution in [3.8, 4) is 5.75 Å². The summed E-state index contributed by atoms with van der Waals surface area (Å²) in [4.78, 5) is 15.9. The highest BCUT2D eigenvalue weighted by Gasteiger charge is 2.27. The van der Waals surface area contributed by atoms with Crippen LogP contribution in [0.25, 0.3) is 0 Å². The number of halogens is 1. The van der Waals surface area contributed by atoms with E-state index in [-0.39, 0.29) is 21.7 Å². The van der Waals surface area contributed by atoms with Crippen LogP contribution in [0, 0.1) is 6.92 Å². The van der Waals surface area contributed by atoms with Crippen molar-refractivity contribution >= 4 is 38.9 Å². The number of rotatable bonds is 3. The van der Waals surface area contributed by atoms with Crippen LogP contribution in [0.5, 0.6) is 5.75 Å². The van der Waals surface area contributed by atoms with Gasteiger partial charge in [0.25, 0.3) is 15.9 Å². The number of nitrogens with zero attached hydrogens (tertiary/aromatic N) is 1.